The van der Waals surface area contributed by atoms with Crippen LogP contribution in [0.15, 0.2) is 5.16 Å². The summed E-state index contributed by atoms with van der Waals surface area (Å²) in [5.41, 5.74) is 1.09. The number of hydrogen-bond donors (Lipinski definition) is 0. The van der Waals surface area contributed by atoms with Crippen molar-refractivity contribution in [2.75, 3.05) is 6.61 Å². The Kier molecular flexibility index (Phi) is 2.14. The molecule has 0 aromatic rings. The maximum Gasteiger partial charge on any atom is 0.177 e. The Labute approximate surface area is 54.9 Å². The molecule has 0 aromatic carbocycles. The summed E-state index contributed by atoms with van der Waals surface area (Å²) in [6, 6.07) is 0. The van der Waals surface area contributed by atoms with Crippen molar-refractivity contribution in [3.05, 3.63) is 6.42 Å². The second kappa shape index (κ2) is 3.13. The van der Waals surface area contributed by atoms with Crippen LogP contribution < -0.4 is 0 Å². The van der Waals surface area contributed by atoms with Crippen molar-refractivity contribution in [3.63, 3.8) is 0 Å². The molecule has 0 atom stereocenters. The molecule has 0 spiro atoms. The lowest BCUT2D eigenvalue weighted by Crippen LogP contribution is -2.10. The van der Waals surface area contributed by atoms with Gasteiger partial charge in [-0.1, -0.05) is 11.1 Å². The molecule has 1 aliphatic rings. The molecular weight excluding hydrogens is 114 g/mol. The van der Waals surface area contributed by atoms with Crippen LogP contribution in [0.1, 0.15) is 12.8 Å². The standard InChI is InChI=1S/C7H8NO/c1-2-6-9-8-7-4-3-5-7/h1,3H,4-6H2. The van der Waals surface area contributed by atoms with Gasteiger partial charge in [0.2, 0.25) is 0 Å². The van der Waals surface area contributed by atoms with E-state index in [1.54, 1.807) is 0 Å². The normalized spacial score (nSPS) is 15.7. The third-order valence-corrected chi connectivity index (χ3v) is 1.10. The first kappa shape index (κ1) is 6.15. The van der Waals surface area contributed by atoms with E-state index in [1.165, 1.54) is 0 Å². The van der Waals surface area contributed by atoms with Crippen LogP contribution >= 0.6 is 0 Å². The molecule has 47 valence electrons. The third-order valence-electron chi connectivity index (χ3n) is 1.10. The smallest absolute Gasteiger partial charge is 0.177 e. The first-order valence-corrected chi connectivity index (χ1v) is 2.86. The van der Waals surface area contributed by atoms with Crippen molar-refractivity contribution in [2.45, 2.75) is 12.8 Å². The number of oxime groups is 1. The molecule has 1 radical (unpaired) electrons. The third kappa shape index (κ3) is 1.77. The van der Waals surface area contributed by atoms with Crippen LogP contribution in [-0.4, -0.2) is 12.3 Å². The van der Waals surface area contributed by atoms with Gasteiger partial charge in [0.25, 0.3) is 0 Å². The van der Waals surface area contributed by atoms with E-state index < -0.39 is 0 Å². The molecule has 1 fully saturated rings. The van der Waals surface area contributed by atoms with Gasteiger partial charge in [0.15, 0.2) is 6.61 Å². The van der Waals surface area contributed by atoms with E-state index in [1.807, 2.05) is 0 Å². The highest BCUT2D eigenvalue weighted by Crippen LogP contribution is 2.12. The molecule has 1 aliphatic carbocycles. The molecule has 2 heteroatoms. The summed E-state index contributed by atoms with van der Waals surface area (Å²) in [4.78, 5) is 4.72. The summed E-state index contributed by atoms with van der Waals surface area (Å²) in [5, 5.41) is 3.76. The molecule has 9 heavy (non-hydrogen) atoms. The van der Waals surface area contributed by atoms with Gasteiger partial charge in [0, 0.05) is 0 Å². The largest absolute Gasteiger partial charge is 0.383 e. The zero-order valence-corrected chi connectivity index (χ0v) is 5.13. The molecule has 0 N–H and O–H groups in total. The maximum absolute atomic E-state index is 4.92. The van der Waals surface area contributed by atoms with Gasteiger partial charge in [-0.3, -0.25) is 0 Å². The molecular formula is C7H8NO. The number of nitrogens with zero attached hydrogens (tertiary/aromatic N) is 1. The molecule has 0 amide bonds. The van der Waals surface area contributed by atoms with Crippen molar-refractivity contribution < 1.29 is 4.84 Å². The molecule has 0 aromatic heterocycles. The van der Waals surface area contributed by atoms with E-state index in [2.05, 4.69) is 17.5 Å². The van der Waals surface area contributed by atoms with Gasteiger partial charge in [-0.15, -0.1) is 6.42 Å². The topological polar surface area (TPSA) is 21.6 Å². The van der Waals surface area contributed by atoms with Crippen molar-refractivity contribution in [2.24, 2.45) is 5.16 Å². The van der Waals surface area contributed by atoms with Crippen LogP contribution in [0.4, 0.5) is 0 Å². The molecule has 0 saturated heterocycles. The first-order chi connectivity index (χ1) is 4.43. The first-order valence-electron chi connectivity index (χ1n) is 2.86. The zero-order chi connectivity index (χ0) is 6.53. The van der Waals surface area contributed by atoms with Crippen LogP contribution in [0.3, 0.4) is 0 Å². The fourth-order valence-corrected chi connectivity index (χ4v) is 0.509. The number of rotatable bonds is 2. The van der Waals surface area contributed by atoms with Crippen molar-refractivity contribution in [1.82, 2.24) is 0 Å². The lowest BCUT2D eigenvalue weighted by atomic mass is 9.98. The predicted octanol–water partition coefficient (Wildman–Crippen LogP) is 0.990. The van der Waals surface area contributed by atoms with Gasteiger partial charge in [0.05, 0.1) is 5.71 Å². The van der Waals surface area contributed by atoms with E-state index >= 15 is 0 Å². The Morgan fingerprint density at radius 1 is 1.78 bits per heavy atom. The Bertz CT molecular complexity index is 149. The second-order valence-corrected chi connectivity index (χ2v) is 1.83. The Hall–Kier alpha value is -0.970. The number of hydrogen-bond acceptors (Lipinski definition) is 2. The van der Waals surface area contributed by atoms with Crippen molar-refractivity contribution >= 4 is 5.71 Å². The average Bonchev–Trinajstić information content (AvgIpc) is 1.76. The molecule has 1 saturated carbocycles. The maximum atomic E-state index is 4.92. The highest BCUT2D eigenvalue weighted by Gasteiger charge is 2.10. The minimum atomic E-state index is 0.281. The van der Waals surface area contributed by atoms with E-state index in [9.17, 15) is 0 Å². The van der Waals surface area contributed by atoms with Crippen LogP contribution in [0.25, 0.3) is 0 Å². The van der Waals surface area contributed by atoms with Crippen LogP contribution in [-0.2, 0) is 4.84 Å². The quantitative estimate of drug-likeness (QED) is 0.304. The minimum Gasteiger partial charge on any atom is -0.383 e. The summed E-state index contributed by atoms with van der Waals surface area (Å²) < 4.78 is 0. The van der Waals surface area contributed by atoms with Gasteiger partial charge in [-0.05, 0) is 19.3 Å². The highest BCUT2D eigenvalue weighted by molar-refractivity contribution is 5.91. The number of terminal acetylenes is 1. The van der Waals surface area contributed by atoms with Crippen LogP contribution in [0.2, 0.25) is 0 Å². The van der Waals surface area contributed by atoms with Crippen molar-refractivity contribution in [1.29, 1.82) is 0 Å². The highest BCUT2D eigenvalue weighted by atomic mass is 16.6. The fourth-order valence-electron chi connectivity index (χ4n) is 0.509. The van der Waals surface area contributed by atoms with Crippen LogP contribution in [0.5, 0.6) is 0 Å². The van der Waals surface area contributed by atoms with Gasteiger partial charge in [0.1, 0.15) is 0 Å². The lowest BCUT2D eigenvalue weighted by molar-refractivity contribution is 0.177. The molecule has 0 heterocycles. The Morgan fingerprint density at radius 3 is 3.00 bits per heavy atom. The van der Waals surface area contributed by atoms with E-state index in [-0.39, 0.29) is 6.61 Å². The Morgan fingerprint density at radius 2 is 2.56 bits per heavy atom. The lowest BCUT2D eigenvalue weighted by Gasteiger charge is -2.11. The summed E-state index contributed by atoms with van der Waals surface area (Å²) in [6.45, 7) is 0.281. The monoisotopic (exact) mass is 122 g/mol. The predicted molar refractivity (Wildman–Crippen MR) is 35.8 cm³/mol. The van der Waals surface area contributed by atoms with Gasteiger partial charge in [-0.25, -0.2) is 0 Å². The zero-order valence-electron chi connectivity index (χ0n) is 5.13. The molecule has 0 aliphatic heterocycles. The molecule has 2 nitrogen and oxygen atoms in total. The SMILES string of the molecule is C#CCON=C1C[CH]C1. The second-order valence-electron chi connectivity index (χ2n) is 1.83. The van der Waals surface area contributed by atoms with E-state index in [0.717, 1.165) is 18.6 Å². The van der Waals surface area contributed by atoms with Crippen molar-refractivity contribution in [3.8, 4) is 12.3 Å². The van der Waals surface area contributed by atoms with Gasteiger partial charge in [-0.2, -0.15) is 0 Å². The van der Waals surface area contributed by atoms with E-state index in [4.69, 9.17) is 11.3 Å². The van der Waals surface area contributed by atoms with E-state index in [0.29, 0.717) is 0 Å². The molecule has 0 bridgehead atoms. The average molecular weight is 122 g/mol. The molecule has 1 rings (SSSR count). The summed E-state index contributed by atoms with van der Waals surface area (Å²) in [5.74, 6) is 2.33. The summed E-state index contributed by atoms with van der Waals surface area (Å²) in [7, 11) is 0. The minimum absolute atomic E-state index is 0.281. The fraction of sp³-hybridized carbons (Fsp3) is 0.429. The molecule has 0 unspecified atom stereocenters. The van der Waals surface area contributed by atoms with Crippen LogP contribution in [0, 0.1) is 18.8 Å². The summed E-state index contributed by atoms with van der Waals surface area (Å²) >= 11 is 0. The summed E-state index contributed by atoms with van der Waals surface area (Å²) in [6.07, 6.45) is 8.98. The van der Waals surface area contributed by atoms with Gasteiger partial charge >= 0.3 is 0 Å². The van der Waals surface area contributed by atoms with Gasteiger partial charge < -0.3 is 4.84 Å². The Balaban J connectivity index is 2.09.